The van der Waals surface area contributed by atoms with Gasteiger partial charge in [-0.05, 0) is 65.9 Å². The predicted octanol–water partition coefficient (Wildman–Crippen LogP) is 2.13. The Morgan fingerprint density at radius 3 is 2.11 bits per heavy atom. The fourth-order valence-electron chi connectivity index (χ4n) is 6.88. The van der Waals surface area contributed by atoms with Crippen molar-refractivity contribution in [1.29, 1.82) is 0 Å². The van der Waals surface area contributed by atoms with E-state index in [1.807, 2.05) is 38.1 Å². The predicted molar refractivity (Wildman–Crippen MR) is 176 cm³/mol. The first-order valence-corrected chi connectivity index (χ1v) is 16.6. The van der Waals surface area contributed by atoms with Gasteiger partial charge < -0.3 is 36.8 Å². The van der Waals surface area contributed by atoms with E-state index in [-0.39, 0.29) is 36.6 Å². The van der Waals surface area contributed by atoms with Crippen LogP contribution in [0, 0.1) is 29.1 Å². The number of nitrogens with one attached hydrogen (secondary N) is 3. The summed E-state index contributed by atoms with van der Waals surface area (Å²) in [5.41, 5.74) is 7.60. The van der Waals surface area contributed by atoms with Gasteiger partial charge in [0.1, 0.15) is 18.1 Å². The van der Waals surface area contributed by atoms with Gasteiger partial charge in [-0.1, -0.05) is 83.9 Å². The Morgan fingerprint density at radius 2 is 1.62 bits per heavy atom. The standard InChI is InChI=1S/C35H51N5O7/c1-18(2)19(3)24-16-26(31(43)37-25(13-20-11-12-20)28(41)30(36)42)40(17-24)32(44)27(23-14-21-9-7-8-10-22(21)15-23)38-34(47)39-29(33(45)46)35(4,5)6/h7-10,18,20,23-29,41H,3,11-17H2,1-2,4-6H3,(H2,36,42)(H,37,43)(H,45,46)(H2,38,39,47)/t24-,25?,26+,27+,28?,29-/m1/s1. The third-order valence-electron chi connectivity index (χ3n) is 9.93. The summed E-state index contributed by atoms with van der Waals surface area (Å²) >= 11 is 0. The molecule has 0 bridgehead atoms. The summed E-state index contributed by atoms with van der Waals surface area (Å²) in [6, 6.07) is 2.86. The van der Waals surface area contributed by atoms with Crippen molar-refractivity contribution >= 4 is 29.7 Å². The number of aliphatic hydroxyl groups excluding tert-OH is 1. The number of nitrogens with two attached hydrogens (primary N) is 1. The van der Waals surface area contributed by atoms with Crippen LogP contribution in [0.25, 0.3) is 0 Å². The number of carboxylic acids is 1. The molecule has 2 unspecified atom stereocenters. The van der Waals surface area contributed by atoms with Gasteiger partial charge in [0.05, 0.1) is 6.04 Å². The zero-order valence-electron chi connectivity index (χ0n) is 28.1. The van der Waals surface area contributed by atoms with E-state index in [0.29, 0.717) is 19.3 Å². The molecule has 3 aliphatic rings. The monoisotopic (exact) mass is 653 g/mol. The quantitative estimate of drug-likeness (QED) is 0.176. The number of hydrogen-bond acceptors (Lipinski definition) is 6. The van der Waals surface area contributed by atoms with E-state index in [2.05, 4.69) is 22.5 Å². The summed E-state index contributed by atoms with van der Waals surface area (Å²) in [6.07, 6.45) is 1.98. The summed E-state index contributed by atoms with van der Waals surface area (Å²) in [7, 11) is 0. The molecule has 4 rings (SSSR count). The Kier molecular flexibility index (Phi) is 11.0. The zero-order chi connectivity index (χ0) is 34.8. The Balaban J connectivity index is 1.64. The van der Waals surface area contributed by atoms with E-state index >= 15 is 0 Å². The van der Waals surface area contributed by atoms with Gasteiger partial charge in [0.2, 0.25) is 17.7 Å². The third-order valence-corrected chi connectivity index (χ3v) is 9.93. The van der Waals surface area contributed by atoms with Gasteiger partial charge in [-0.15, -0.1) is 0 Å². The number of rotatable bonds is 13. The molecule has 47 heavy (non-hydrogen) atoms. The van der Waals surface area contributed by atoms with Crippen molar-refractivity contribution < 1.29 is 34.2 Å². The molecule has 258 valence electrons. The van der Waals surface area contributed by atoms with Crippen LogP contribution in [0.2, 0.25) is 0 Å². The first-order valence-electron chi connectivity index (χ1n) is 16.6. The van der Waals surface area contributed by atoms with E-state index in [0.717, 1.165) is 29.5 Å². The summed E-state index contributed by atoms with van der Waals surface area (Å²) in [4.78, 5) is 67.4. The van der Waals surface area contributed by atoms with Crippen molar-refractivity contribution in [1.82, 2.24) is 20.9 Å². The normalized spacial score (nSPS) is 22.1. The fourth-order valence-corrected chi connectivity index (χ4v) is 6.88. The van der Waals surface area contributed by atoms with Crippen molar-refractivity contribution in [2.45, 2.75) is 103 Å². The Morgan fingerprint density at radius 1 is 1.02 bits per heavy atom. The molecule has 2 fully saturated rings. The van der Waals surface area contributed by atoms with Crippen molar-refractivity contribution in [2.24, 2.45) is 34.8 Å². The Bertz CT molecular complexity index is 1360. The Hall–Kier alpha value is -3.93. The largest absolute Gasteiger partial charge is 0.480 e. The van der Waals surface area contributed by atoms with Gasteiger partial charge in [0.15, 0.2) is 6.10 Å². The van der Waals surface area contributed by atoms with Crippen molar-refractivity contribution in [3.05, 3.63) is 47.5 Å². The first kappa shape index (κ1) is 35.9. The molecule has 1 saturated carbocycles. The minimum atomic E-state index is -1.58. The van der Waals surface area contributed by atoms with Crippen LogP contribution in [-0.4, -0.2) is 81.7 Å². The van der Waals surface area contributed by atoms with E-state index in [1.54, 1.807) is 20.8 Å². The first-order chi connectivity index (χ1) is 22.0. The van der Waals surface area contributed by atoms with Crippen LogP contribution in [0.15, 0.2) is 36.4 Å². The lowest BCUT2D eigenvalue weighted by molar-refractivity contribution is -0.142. The topological polar surface area (TPSA) is 191 Å². The number of benzene rings is 1. The molecule has 1 aliphatic heterocycles. The van der Waals surface area contributed by atoms with Gasteiger partial charge >= 0.3 is 12.0 Å². The minimum Gasteiger partial charge on any atom is -0.480 e. The second kappa shape index (κ2) is 14.5. The van der Waals surface area contributed by atoms with Crippen LogP contribution in [0.3, 0.4) is 0 Å². The molecular weight excluding hydrogens is 602 g/mol. The molecule has 12 nitrogen and oxygen atoms in total. The van der Waals surface area contributed by atoms with Crippen molar-refractivity contribution in [3.63, 3.8) is 0 Å². The molecule has 0 aromatic heterocycles. The number of carbonyl (C=O) groups is 5. The highest BCUT2D eigenvalue weighted by molar-refractivity contribution is 5.94. The van der Waals surface area contributed by atoms with Crippen LogP contribution in [-0.2, 0) is 32.0 Å². The lowest BCUT2D eigenvalue weighted by Gasteiger charge is -2.34. The number of carboxylic acid groups (broad SMARTS) is 1. The molecule has 5 amide bonds. The van der Waals surface area contributed by atoms with Gasteiger partial charge in [0.25, 0.3) is 0 Å². The van der Waals surface area contributed by atoms with E-state index in [4.69, 9.17) is 5.73 Å². The third kappa shape index (κ3) is 8.71. The van der Waals surface area contributed by atoms with Crippen molar-refractivity contribution in [2.75, 3.05) is 6.54 Å². The van der Waals surface area contributed by atoms with E-state index < -0.39 is 65.4 Å². The summed E-state index contributed by atoms with van der Waals surface area (Å²) < 4.78 is 0. The highest BCUT2D eigenvalue weighted by Crippen LogP contribution is 2.37. The second-order valence-corrected chi connectivity index (χ2v) is 15.0. The maximum Gasteiger partial charge on any atom is 0.326 e. The van der Waals surface area contributed by atoms with Crippen LogP contribution in [0.5, 0.6) is 0 Å². The number of aliphatic carboxylic acids is 1. The molecular formula is C35H51N5O7. The van der Waals surface area contributed by atoms with Crippen LogP contribution in [0.4, 0.5) is 4.79 Å². The Labute approximate surface area is 276 Å². The lowest BCUT2D eigenvalue weighted by Crippen LogP contribution is -2.60. The van der Waals surface area contributed by atoms with Crippen molar-refractivity contribution in [3.8, 4) is 0 Å². The summed E-state index contributed by atoms with van der Waals surface area (Å²) in [5.74, 6) is -3.31. The van der Waals surface area contributed by atoms with Crippen LogP contribution in [0.1, 0.15) is 71.4 Å². The zero-order valence-corrected chi connectivity index (χ0v) is 28.1. The number of amides is 5. The number of primary amides is 1. The SMILES string of the molecule is C=C(C(C)C)[C@@H]1C[C@@H](C(=O)NC(CC2CC2)C(O)C(N)=O)N(C(=O)[C@@H](NC(=O)N[C@H](C(=O)O)C(C)(C)C)C2Cc3ccccc3C2)C1. The maximum atomic E-state index is 14.6. The van der Waals surface area contributed by atoms with Gasteiger partial charge in [-0.3, -0.25) is 14.4 Å². The number of fused-ring (bicyclic) bond motifs is 1. The number of carbonyl (C=O) groups excluding carboxylic acids is 4. The van der Waals surface area contributed by atoms with Gasteiger partial charge in [-0.2, -0.15) is 0 Å². The highest BCUT2D eigenvalue weighted by Gasteiger charge is 2.47. The molecule has 0 spiro atoms. The summed E-state index contributed by atoms with van der Waals surface area (Å²) in [6.45, 7) is 13.5. The van der Waals surface area contributed by atoms with Gasteiger partial charge in [0, 0.05) is 6.54 Å². The summed E-state index contributed by atoms with van der Waals surface area (Å²) in [5, 5.41) is 28.5. The van der Waals surface area contributed by atoms with E-state index in [1.165, 1.54) is 4.90 Å². The van der Waals surface area contributed by atoms with Crippen LogP contribution < -0.4 is 21.7 Å². The number of hydrogen-bond donors (Lipinski definition) is 6. The second-order valence-electron chi connectivity index (χ2n) is 15.0. The number of likely N-dealkylation sites (tertiary alicyclic amines) is 1. The molecule has 1 aromatic carbocycles. The molecule has 0 radical (unpaired) electrons. The number of aliphatic hydroxyl groups is 1. The molecule has 1 heterocycles. The number of urea groups is 1. The van der Waals surface area contributed by atoms with Crippen LogP contribution >= 0.6 is 0 Å². The molecule has 7 N–H and O–H groups in total. The highest BCUT2D eigenvalue weighted by atomic mass is 16.4. The van der Waals surface area contributed by atoms with E-state index in [9.17, 15) is 34.2 Å². The smallest absolute Gasteiger partial charge is 0.326 e. The lowest BCUT2D eigenvalue weighted by atomic mass is 9.87. The minimum absolute atomic E-state index is 0.0902. The molecule has 1 aromatic rings. The van der Waals surface area contributed by atoms with Gasteiger partial charge in [-0.25, -0.2) is 9.59 Å². The molecule has 6 atom stereocenters. The maximum absolute atomic E-state index is 14.6. The molecule has 2 aliphatic carbocycles. The molecule has 12 heteroatoms. The molecule has 1 saturated heterocycles. The fraction of sp³-hybridized carbons (Fsp3) is 0.629. The average Bonchev–Trinajstić information content (AvgIpc) is 3.53. The average molecular weight is 654 g/mol. The number of nitrogens with zero attached hydrogens (tertiary/aromatic N) is 1.